The van der Waals surface area contributed by atoms with Crippen LogP contribution < -0.4 is 5.32 Å². The summed E-state index contributed by atoms with van der Waals surface area (Å²) in [5.41, 5.74) is -2.84. The van der Waals surface area contributed by atoms with Gasteiger partial charge in [0.2, 0.25) is 0 Å². The summed E-state index contributed by atoms with van der Waals surface area (Å²) in [4.78, 5) is 11.4. The Bertz CT molecular complexity index is 337. The average Bonchev–Trinajstić information content (AvgIpc) is 1.86. The molecule has 6 heteroatoms. The molecule has 0 aliphatic heterocycles. The van der Waals surface area contributed by atoms with Crippen molar-refractivity contribution in [3.05, 3.63) is 0 Å². The molecule has 3 nitrogen and oxygen atoms in total. The largest absolute Gasteiger partial charge is 0.444 e. The molecule has 3 aliphatic carbocycles. The molecule has 0 saturated heterocycles. The van der Waals surface area contributed by atoms with Crippen LogP contribution in [0.3, 0.4) is 0 Å². The van der Waals surface area contributed by atoms with Gasteiger partial charge in [0, 0.05) is 5.54 Å². The Kier molecular flexibility index (Phi) is 2.27. The Balaban J connectivity index is 1.85. The van der Waals surface area contributed by atoms with E-state index in [0.29, 0.717) is 0 Å². The van der Waals surface area contributed by atoms with Gasteiger partial charge in [-0.15, -0.1) is 0 Å². The molecule has 0 unspecified atom stereocenters. The van der Waals surface area contributed by atoms with E-state index >= 15 is 0 Å². The molecule has 17 heavy (non-hydrogen) atoms. The highest BCUT2D eigenvalue weighted by molar-refractivity contribution is 5.70. The molecule has 1 amide bonds. The number of nitrogens with one attached hydrogen (secondary N) is 1. The zero-order valence-electron chi connectivity index (χ0n) is 10.1. The summed E-state index contributed by atoms with van der Waals surface area (Å²) < 4.78 is 42.7. The lowest BCUT2D eigenvalue weighted by atomic mass is 9.39. The maximum atomic E-state index is 12.6. The minimum absolute atomic E-state index is 0.0112. The van der Waals surface area contributed by atoms with Crippen LogP contribution in [-0.2, 0) is 4.74 Å². The Hall–Kier alpha value is -0.940. The van der Waals surface area contributed by atoms with E-state index in [-0.39, 0.29) is 19.3 Å². The molecule has 2 bridgehead atoms. The number of alkyl halides is 3. The van der Waals surface area contributed by atoms with Gasteiger partial charge in [-0.05, 0) is 40.0 Å². The number of amides is 1. The third kappa shape index (κ3) is 1.98. The smallest absolute Gasteiger partial charge is 0.408 e. The third-order valence-corrected chi connectivity index (χ3v) is 3.40. The van der Waals surface area contributed by atoms with E-state index < -0.39 is 28.8 Å². The first kappa shape index (κ1) is 12.5. The van der Waals surface area contributed by atoms with Crippen LogP contribution >= 0.6 is 0 Å². The number of ether oxygens (including phenoxy) is 1. The van der Waals surface area contributed by atoms with Gasteiger partial charge in [-0.25, -0.2) is 4.79 Å². The van der Waals surface area contributed by atoms with Gasteiger partial charge >= 0.3 is 12.3 Å². The summed E-state index contributed by atoms with van der Waals surface area (Å²) in [6.45, 7) is 5.14. The van der Waals surface area contributed by atoms with Gasteiger partial charge < -0.3 is 10.1 Å². The summed E-state index contributed by atoms with van der Waals surface area (Å²) in [6.07, 6.45) is -4.81. The lowest BCUT2D eigenvalue weighted by Gasteiger charge is -2.70. The predicted octanol–water partition coefficient (Wildman–Crippen LogP) is 3.00. The maximum absolute atomic E-state index is 12.6. The number of hydrogen-bond acceptors (Lipinski definition) is 2. The summed E-state index contributed by atoms with van der Waals surface area (Å²) in [7, 11) is 0. The highest BCUT2D eigenvalue weighted by Gasteiger charge is 2.79. The summed E-state index contributed by atoms with van der Waals surface area (Å²) >= 11 is 0. The molecule has 0 atom stereocenters. The SMILES string of the molecule is CC(C)(C)OC(=O)NC12CC(C(F)(F)F)(C1)C2. The first-order valence-corrected chi connectivity index (χ1v) is 5.55. The molecule has 0 aromatic rings. The Labute approximate surface area is 97.7 Å². The van der Waals surface area contributed by atoms with Crippen molar-refractivity contribution in [1.82, 2.24) is 5.32 Å². The molecular formula is C11H16F3NO2. The van der Waals surface area contributed by atoms with E-state index in [1.807, 2.05) is 0 Å². The average molecular weight is 251 g/mol. The zero-order chi connectivity index (χ0) is 13.1. The van der Waals surface area contributed by atoms with Crippen molar-refractivity contribution < 1.29 is 22.7 Å². The first-order chi connectivity index (χ1) is 7.47. The van der Waals surface area contributed by atoms with Crippen LogP contribution in [0.1, 0.15) is 40.0 Å². The fourth-order valence-electron chi connectivity index (χ4n) is 2.74. The normalized spacial score (nSPS) is 35.6. The molecule has 3 aliphatic rings. The fourth-order valence-corrected chi connectivity index (χ4v) is 2.74. The fraction of sp³-hybridized carbons (Fsp3) is 0.909. The molecule has 0 radical (unpaired) electrons. The quantitative estimate of drug-likeness (QED) is 0.778. The van der Waals surface area contributed by atoms with Crippen LogP contribution in [0.2, 0.25) is 0 Å². The summed E-state index contributed by atoms with van der Waals surface area (Å²) in [5, 5.41) is 2.55. The van der Waals surface area contributed by atoms with Crippen LogP contribution in [0.5, 0.6) is 0 Å². The van der Waals surface area contributed by atoms with Crippen molar-refractivity contribution in [3.63, 3.8) is 0 Å². The van der Waals surface area contributed by atoms with E-state index in [2.05, 4.69) is 5.32 Å². The Morgan fingerprint density at radius 3 is 2.00 bits per heavy atom. The lowest BCUT2D eigenvalue weighted by Crippen LogP contribution is -2.78. The van der Waals surface area contributed by atoms with Gasteiger partial charge in [0.15, 0.2) is 0 Å². The monoisotopic (exact) mass is 251 g/mol. The minimum atomic E-state index is -4.15. The Morgan fingerprint density at radius 2 is 1.65 bits per heavy atom. The van der Waals surface area contributed by atoms with Crippen molar-refractivity contribution >= 4 is 6.09 Å². The molecule has 0 aromatic heterocycles. The summed E-state index contributed by atoms with van der Waals surface area (Å²) in [5.74, 6) is 0. The maximum Gasteiger partial charge on any atom is 0.408 e. The van der Waals surface area contributed by atoms with E-state index in [4.69, 9.17) is 4.74 Å². The van der Waals surface area contributed by atoms with Crippen molar-refractivity contribution in [2.45, 2.75) is 57.3 Å². The van der Waals surface area contributed by atoms with Gasteiger partial charge in [0.05, 0.1) is 5.41 Å². The van der Waals surface area contributed by atoms with Gasteiger partial charge in [0.1, 0.15) is 5.60 Å². The molecule has 0 aromatic carbocycles. The second kappa shape index (κ2) is 3.09. The number of carbonyl (C=O) groups is 1. The molecule has 3 rings (SSSR count). The molecule has 98 valence electrons. The van der Waals surface area contributed by atoms with Gasteiger partial charge in [-0.2, -0.15) is 13.2 Å². The molecule has 3 saturated carbocycles. The molecule has 0 spiro atoms. The van der Waals surface area contributed by atoms with Gasteiger partial charge in [-0.3, -0.25) is 0 Å². The molecule has 1 N–H and O–H groups in total. The second-order valence-corrected chi connectivity index (χ2v) is 6.22. The van der Waals surface area contributed by atoms with E-state index in [9.17, 15) is 18.0 Å². The van der Waals surface area contributed by atoms with Crippen LogP contribution in [0, 0.1) is 5.41 Å². The molecule has 3 fully saturated rings. The van der Waals surface area contributed by atoms with Crippen molar-refractivity contribution in [2.24, 2.45) is 5.41 Å². The number of rotatable bonds is 1. The van der Waals surface area contributed by atoms with Crippen LogP contribution in [0.4, 0.5) is 18.0 Å². The van der Waals surface area contributed by atoms with E-state index in [0.717, 1.165) is 0 Å². The van der Waals surface area contributed by atoms with Crippen LogP contribution in [-0.4, -0.2) is 23.4 Å². The van der Waals surface area contributed by atoms with E-state index in [1.54, 1.807) is 20.8 Å². The second-order valence-electron chi connectivity index (χ2n) is 6.22. The number of halogens is 3. The lowest BCUT2D eigenvalue weighted by molar-refractivity contribution is -0.337. The van der Waals surface area contributed by atoms with Crippen molar-refractivity contribution in [1.29, 1.82) is 0 Å². The first-order valence-electron chi connectivity index (χ1n) is 5.55. The zero-order valence-corrected chi connectivity index (χ0v) is 10.1. The third-order valence-electron chi connectivity index (χ3n) is 3.40. The highest BCUT2D eigenvalue weighted by atomic mass is 19.4. The number of hydrogen-bond donors (Lipinski definition) is 1. The van der Waals surface area contributed by atoms with E-state index in [1.165, 1.54) is 0 Å². The number of alkyl carbamates (subject to hydrolysis) is 1. The standard InChI is InChI=1S/C11H16F3NO2/c1-8(2,3)17-7(16)15-10-4-9(5-10,6-10)11(12,13)14/h4-6H2,1-3H3,(H,15,16). The van der Waals surface area contributed by atoms with Crippen molar-refractivity contribution in [3.8, 4) is 0 Å². The van der Waals surface area contributed by atoms with Gasteiger partial charge in [-0.1, -0.05) is 0 Å². The molecular weight excluding hydrogens is 235 g/mol. The van der Waals surface area contributed by atoms with Crippen molar-refractivity contribution in [2.75, 3.05) is 0 Å². The Morgan fingerprint density at radius 1 is 1.18 bits per heavy atom. The van der Waals surface area contributed by atoms with Crippen LogP contribution in [0.15, 0.2) is 0 Å². The van der Waals surface area contributed by atoms with Gasteiger partial charge in [0.25, 0.3) is 0 Å². The topological polar surface area (TPSA) is 38.3 Å². The predicted molar refractivity (Wildman–Crippen MR) is 54.4 cm³/mol. The summed E-state index contributed by atoms with van der Waals surface area (Å²) in [6, 6.07) is 0. The van der Waals surface area contributed by atoms with Crippen LogP contribution in [0.25, 0.3) is 0 Å². The minimum Gasteiger partial charge on any atom is -0.444 e. The number of carbonyl (C=O) groups excluding carboxylic acids is 1. The highest BCUT2D eigenvalue weighted by Crippen LogP contribution is 2.73. The molecule has 0 heterocycles.